The fourth-order valence-corrected chi connectivity index (χ4v) is 2.51. The summed E-state index contributed by atoms with van der Waals surface area (Å²) in [5, 5.41) is 3.28. The predicted octanol–water partition coefficient (Wildman–Crippen LogP) is 1.77. The molecule has 1 amide bonds. The van der Waals surface area contributed by atoms with E-state index in [0.29, 0.717) is 26.3 Å². The fourth-order valence-electron chi connectivity index (χ4n) is 2.51. The van der Waals surface area contributed by atoms with E-state index in [4.69, 9.17) is 4.74 Å². The van der Waals surface area contributed by atoms with Gasteiger partial charge in [0, 0.05) is 13.2 Å². The molecular formula is C15H22N2O2. The van der Waals surface area contributed by atoms with Crippen molar-refractivity contribution in [3.63, 3.8) is 0 Å². The third-order valence-corrected chi connectivity index (χ3v) is 3.48. The van der Waals surface area contributed by atoms with Crippen LogP contribution in [0.4, 0.5) is 0 Å². The maximum absolute atomic E-state index is 11.9. The maximum atomic E-state index is 11.9. The summed E-state index contributed by atoms with van der Waals surface area (Å²) in [6, 6.07) is 6.35. The number of rotatable bonds is 5. The third kappa shape index (κ3) is 3.14. The Morgan fingerprint density at radius 2 is 2.21 bits per heavy atom. The second kappa shape index (κ2) is 6.17. The van der Waals surface area contributed by atoms with E-state index in [0.717, 1.165) is 0 Å². The first kappa shape index (κ1) is 14.0. The number of hydrogen-bond donors (Lipinski definition) is 1. The van der Waals surface area contributed by atoms with E-state index >= 15 is 0 Å². The molecule has 0 aromatic heterocycles. The van der Waals surface area contributed by atoms with Crippen molar-refractivity contribution in [3.8, 4) is 0 Å². The van der Waals surface area contributed by atoms with Crippen LogP contribution in [0, 0.1) is 13.8 Å². The van der Waals surface area contributed by atoms with E-state index in [2.05, 4.69) is 37.4 Å². The van der Waals surface area contributed by atoms with Gasteiger partial charge in [0.25, 0.3) is 0 Å². The highest BCUT2D eigenvalue weighted by Crippen LogP contribution is 2.25. The Labute approximate surface area is 114 Å². The molecule has 1 N–H and O–H groups in total. The minimum atomic E-state index is -0.0199. The molecule has 1 fully saturated rings. The van der Waals surface area contributed by atoms with Crippen LogP contribution in [0.5, 0.6) is 0 Å². The highest BCUT2D eigenvalue weighted by atomic mass is 16.5. The van der Waals surface area contributed by atoms with Gasteiger partial charge in [-0.15, -0.1) is 0 Å². The second-order valence-corrected chi connectivity index (χ2v) is 4.93. The van der Waals surface area contributed by atoms with E-state index in [9.17, 15) is 4.79 Å². The zero-order valence-corrected chi connectivity index (χ0v) is 11.9. The molecule has 0 radical (unpaired) electrons. The molecule has 0 bridgehead atoms. The van der Waals surface area contributed by atoms with E-state index in [1.165, 1.54) is 16.7 Å². The number of benzene rings is 1. The zero-order chi connectivity index (χ0) is 13.8. The molecular weight excluding hydrogens is 240 g/mol. The van der Waals surface area contributed by atoms with Crippen LogP contribution < -0.4 is 5.32 Å². The lowest BCUT2D eigenvalue weighted by Gasteiger charge is -2.26. The van der Waals surface area contributed by atoms with Crippen LogP contribution in [0.15, 0.2) is 18.2 Å². The molecule has 104 valence electrons. The lowest BCUT2D eigenvalue weighted by atomic mass is 10.0. The van der Waals surface area contributed by atoms with Gasteiger partial charge in [0.15, 0.2) is 0 Å². The number of carbonyl (C=O) groups is 1. The van der Waals surface area contributed by atoms with Crippen molar-refractivity contribution in [1.82, 2.24) is 10.2 Å². The topological polar surface area (TPSA) is 41.6 Å². The molecule has 1 aromatic carbocycles. The molecule has 0 saturated carbocycles. The number of nitrogens with one attached hydrogen (secondary N) is 1. The average Bonchev–Trinajstić information content (AvgIpc) is 2.72. The summed E-state index contributed by atoms with van der Waals surface area (Å²) < 4.78 is 5.36. The molecule has 1 heterocycles. The van der Waals surface area contributed by atoms with Gasteiger partial charge in [-0.1, -0.05) is 23.8 Å². The van der Waals surface area contributed by atoms with Gasteiger partial charge in [0.1, 0.15) is 6.17 Å². The smallest absolute Gasteiger partial charge is 0.238 e. The number of ether oxygens (including phenoxy) is 1. The lowest BCUT2D eigenvalue weighted by Crippen LogP contribution is -2.33. The van der Waals surface area contributed by atoms with Crippen LogP contribution in [0.1, 0.15) is 29.8 Å². The Hall–Kier alpha value is -1.39. The zero-order valence-electron chi connectivity index (χ0n) is 11.9. The summed E-state index contributed by atoms with van der Waals surface area (Å²) in [5.74, 6) is 0.143. The number of aryl methyl sites for hydroxylation is 2. The summed E-state index contributed by atoms with van der Waals surface area (Å²) in [5.41, 5.74) is 3.63. The predicted molar refractivity (Wildman–Crippen MR) is 74.9 cm³/mol. The van der Waals surface area contributed by atoms with Crippen LogP contribution in [-0.2, 0) is 9.53 Å². The number of amides is 1. The first-order valence-corrected chi connectivity index (χ1v) is 6.81. The normalized spacial score (nSPS) is 19.2. The minimum absolute atomic E-state index is 0.0199. The largest absolute Gasteiger partial charge is 0.380 e. The van der Waals surface area contributed by atoms with Crippen molar-refractivity contribution in [2.45, 2.75) is 26.9 Å². The summed E-state index contributed by atoms with van der Waals surface area (Å²) in [6.07, 6.45) is -0.0199. The van der Waals surface area contributed by atoms with Gasteiger partial charge in [-0.25, -0.2) is 0 Å². The summed E-state index contributed by atoms with van der Waals surface area (Å²) in [6.45, 7) is 8.45. The maximum Gasteiger partial charge on any atom is 0.238 e. The van der Waals surface area contributed by atoms with Crippen molar-refractivity contribution in [1.29, 1.82) is 0 Å². The van der Waals surface area contributed by atoms with Crippen molar-refractivity contribution in [2.24, 2.45) is 0 Å². The van der Waals surface area contributed by atoms with Crippen molar-refractivity contribution >= 4 is 5.91 Å². The van der Waals surface area contributed by atoms with Crippen LogP contribution in [0.2, 0.25) is 0 Å². The van der Waals surface area contributed by atoms with Crippen molar-refractivity contribution in [3.05, 3.63) is 34.9 Å². The fraction of sp³-hybridized carbons (Fsp3) is 0.533. The molecule has 1 aliphatic rings. The highest BCUT2D eigenvalue weighted by molar-refractivity contribution is 5.81. The molecule has 4 nitrogen and oxygen atoms in total. The quantitative estimate of drug-likeness (QED) is 0.822. The molecule has 0 aliphatic carbocycles. The first-order chi connectivity index (χ1) is 9.13. The van der Waals surface area contributed by atoms with Crippen LogP contribution in [-0.4, -0.2) is 37.1 Å². The van der Waals surface area contributed by atoms with Gasteiger partial charge in [0.2, 0.25) is 5.91 Å². The summed E-state index contributed by atoms with van der Waals surface area (Å²) in [7, 11) is 0. The van der Waals surface area contributed by atoms with Crippen molar-refractivity contribution < 1.29 is 9.53 Å². The molecule has 19 heavy (non-hydrogen) atoms. The molecule has 1 atom stereocenters. The molecule has 1 saturated heterocycles. The Kier molecular flexibility index (Phi) is 4.56. The number of nitrogens with zero attached hydrogens (tertiary/aromatic N) is 1. The number of hydrogen-bond acceptors (Lipinski definition) is 3. The Balaban J connectivity index is 2.15. The van der Waals surface area contributed by atoms with Gasteiger partial charge in [0.05, 0.1) is 13.2 Å². The second-order valence-electron chi connectivity index (χ2n) is 4.93. The molecule has 4 heteroatoms. The third-order valence-electron chi connectivity index (χ3n) is 3.48. The summed E-state index contributed by atoms with van der Waals surface area (Å²) in [4.78, 5) is 13.8. The van der Waals surface area contributed by atoms with E-state index in [-0.39, 0.29) is 12.1 Å². The number of carbonyl (C=O) groups excluding carboxylic acids is 1. The van der Waals surface area contributed by atoms with Crippen LogP contribution >= 0.6 is 0 Å². The first-order valence-electron chi connectivity index (χ1n) is 6.81. The van der Waals surface area contributed by atoms with Crippen LogP contribution in [0.25, 0.3) is 0 Å². The molecule has 1 unspecified atom stereocenters. The average molecular weight is 262 g/mol. The van der Waals surface area contributed by atoms with Gasteiger partial charge in [-0.05, 0) is 31.9 Å². The van der Waals surface area contributed by atoms with Crippen LogP contribution in [0.3, 0.4) is 0 Å². The van der Waals surface area contributed by atoms with Gasteiger partial charge >= 0.3 is 0 Å². The van der Waals surface area contributed by atoms with E-state index in [1.54, 1.807) is 0 Å². The van der Waals surface area contributed by atoms with Crippen molar-refractivity contribution in [2.75, 3.05) is 26.3 Å². The van der Waals surface area contributed by atoms with E-state index < -0.39 is 0 Å². The van der Waals surface area contributed by atoms with Gasteiger partial charge in [-0.2, -0.15) is 0 Å². The van der Waals surface area contributed by atoms with Gasteiger partial charge in [-0.3, -0.25) is 10.1 Å². The molecule has 1 aromatic rings. The Bertz CT molecular complexity index is 459. The Morgan fingerprint density at radius 3 is 2.89 bits per heavy atom. The molecule has 0 spiro atoms. The monoisotopic (exact) mass is 262 g/mol. The Morgan fingerprint density at radius 1 is 1.42 bits per heavy atom. The molecule has 2 rings (SSSR count). The highest BCUT2D eigenvalue weighted by Gasteiger charge is 2.31. The van der Waals surface area contributed by atoms with Gasteiger partial charge < -0.3 is 9.64 Å². The standard InChI is InChI=1S/C15H22N2O2/c1-4-19-8-7-17-14(18)10-16-15(17)13-6-5-11(2)9-12(13)3/h5-6,9,15-16H,4,7-8,10H2,1-3H3. The molecule has 1 aliphatic heterocycles. The summed E-state index contributed by atoms with van der Waals surface area (Å²) >= 11 is 0. The lowest BCUT2D eigenvalue weighted by molar-refractivity contribution is -0.128. The minimum Gasteiger partial charge on any atom is -0.380 e. The SMILES string of the molecule is CCOCCN1C(=O)CNC1c1ccc(C)cc1C. The van der Waals surface area contributed by atoms with E-state index in [1.807, 2.05) is 11.8 Å².